The minimum Gasteiger partial charge on any atom is -0.383 e. The summed E-state index contributed by atoms with van der Waals surface area (Å²) in [6.07, 6.45) is 0. The smallest absolute Gasteiger partial charge is 0.330 e. The van der Waals surface area contributed by atoms with Crippen LogP contribution in [0, 0.1) is 12.8 Å². The highest BCUT2D eigenvalue weighted by atomic mass is 16.5. The second kappa shape index (κ2) is 5.81. The fraction of sp³-hybridized carbons (Fsp3) is 0.500. The van der Waals surface area contributed by atoms with Crippen molar-refractivity contribution in [2.24, 2.45) is 5.92 Å². The average Bonchev–Trinajstić information content (AvgIpc) is 2.80. The Bertz CT molecular complexity index is 742. The van der Waals surface area contributed by atoms with Crippen molar-refractivity contribution in [1.29, 1.82) is 0 Å². The first-order valence-corrected chi connectivity index (χ1v) is 6.54. The molecule has 2 aromatic rings. The fourth-order valence-electron chi connectivity index (χ4n) is 1.89. The predicted molar refractivity (Wildman–Crippen MR) is 76.9 cm³/mol. The summed E-state index contributed by atoms with van der Waals surface area (Å²) in [5.74, 6) is 1.13. The summed E-state index contributed by atoms with van der Waals surface area (Å²) in [5.41, 5.74) is 4.95. The van der Waals surface area contributed by atoms with Gasteiger partial charge in [0, 0.05) is 13.5 Å². The van der Waals surface area contributed by atoms with Crippen molar-refractivity contribution >= 4 is 11.5 Å². The van der Waals surface area contributed by atoms with Crippen molar-refractivity contribution < 1.29 is 4.52 Å². The zero-order valence-electron chi connectivity index (χ0n) is 12.1. The van der Waals surface area contributed by atoms with Gasteiger partial charge in [-0.15, -0.1) is 0 Å². The zero-order chi connectivity index (χ0) is 15.6. The minimum atomic E-state index is -0.572. The summed E-state index contributed by atoms with van der Waals surface area (Å²) in [6, 6.07) is 0. The Morgan fingerprint density at radius 1 is 1.43 bits per heavy atom. The predicted octanol–water partition coefficient (Wildman–Crippen LogP) is 0.0783. The number of aromatic nitrogens is 4. The number of nitrogen functional groups attached to an aromatic ring is 1. The van der Waals surface area contributed by atoms with Gasteiger partial charge in [-0.1, -0.05) is 19.0 Å². The lowest BCUT2D eigenvalue weighted by atomic mass is 10.2. The van der Waals surface area contributed by atoms with Crippen LogP contribution < -0.4 is 22.3 Å². The molecule has 0 aliphatic carbocycles. The van der Waals surface area contributed by atoms with Gasteiger partial charge in [-0.05, 0) is 5.92 Å². The number of nitrogens with two attached hydrogens (primary N) is 1. The fourth-order valence-corrected chi connectivity index (χ4v) is 1.89. The molecule has 0 aliphatic heterocycles. The van der Waals surface area contributed by atoms with Gasteiger partial charge in [0.1, 0.15) is 11.5 Å². The van der Waals surface area contributed by atoms with Crippen molar-refractivity contribution in [2.75, 3.05) is 11.1 Å². The lowest BCUT2D eigenvalue weighted by Gasteiger charge is -2.14. The summed E-state index contributed by atoms with van der Waals surface area (Å²) in [4.78, 5) is 29.9. The maximum Gasteiger partial charge on any atom is 0.330 e. The normalized spacial score (nSPS) is 11.0. The Hall–Kier alpha value is -2.58. The van der Waals surface area contributed by atoms with Crippen molar-refractivity contribution in [3.05, 3.63) is 32.6 Å². The van der Waals surface area contributed by atoms with Crippen LogP contribution in [0.1, 0.15) is 25.6 Å². The molecule has 114 valence electrons. The van der Waals surface area contributed by atoms with Crippen LogP contribution in [0.2, 0.25) is 0 Å². The van der Waals surface area contributed by atoms with Gasteiger partial charge in [-0.3, -0.25) is 14.3 Å². The highest BCUT2D eigenvalue weighted by Crippen LogP contribution is 2.12. The Morgan fingerprint density at radius 2 is 2.14 bits per heavy atom. The molecule has 0 radical (unpaired) electrons. The van der Waals surface area contributed by atoms with E-state index < -0.39 is 11.2 Å². The van der Waals surface area contributed by atoms with Crippen LogP contribution in [-0.4, -0.2) is 19.7 Å². The largest absolute Gasteiger partial charge is 0.383 e. The molecule has 0 aromatic carbocycles. The molecule has 2 rings (SSSR count). The van der Waals surface area contributed by atoms with Gasteiger partial charge in [0.2, 0.25) is 5.89 Å². The van der Waals surface area contributed by atoms with E-state index in [2.05, 4.69) is 20.4 Å². The maximum absolute atomic E-state index is 11.8. The highest BCUT2D eigenvalue weighted by Gasteiger charge is 2.13. The molecule has 21 heavy (non-hydrogen) atoms. The third-order valence-electron chi connectivity index (χ3n) is 2.78. The molecule has 9 heteroatoms. The standard InChI is InChI=1S/C12H18N6O3/c1-6(2)5-18-10(13)9(11(19)16-12(18)20)14-4-8-15-7(3)21-17-8/h6,14H,4-5,13H2,1-3H3,(H,16,19,20). The minimum absolute atomic E-state index is 0.0951. The van der Waals surface area contributed by atoms with Crippen LogP contribution in [0.5, 0.6) is 0 Å². The van der Waals surface area contributed by atoms with Gasteiger partial charge in [-0.2, -0.15) is 4.98 Å². The van der Waals surface area contributed by atoms with Gasteiger partial charge < -0.3 is 15.6 Å². The van der Waals surface area contributed by atoms with Crippen LogP contribution in [0.4, 0.5) is 11.5 Å². The summed E-state index contributed by atoms with van der Waals surface area (Å²) in [6.45, 7) is 6.15. The zero-order valence-corrected chi connectivity index (χ0v) is 12.1. The highest BCUT2D eigenvalue weighted by molar-refractivity contribution is 5.60. The number of rotatable bonds is 5. The van der Waals surface area contributed by atoms with Crippen molar-refractivity contribution in [3.63, 3.8) is 0 Å². The number of H-pyrrole nitrogens is 1. The van der Waals surface area contributed by atoms with Crippen LogP contribution in [0.3, 0.4) is 0 Å². The van der Waals surface area contributed by atoms with Crippen LogP contribution in [-0.2, 0) is 13.1 Å². The number of aryl methyl sites for hydroxylation is 1. The Labute approximate surface area is 120 Å². The number of nitrogens with zero attached hydrogens (tertiary/aromatic N) is 3. The first-order valence-electron chi connectivity index (χ1n) is 6.54. The van der Waals surface area contributed by atoms with Crippen LogP contribution in [0.25, 0.3) is 0 Å². The van der Waals surface area contributed by atoms with E-state index in [0.717, 1.165) is 0 Å². The Morgan fingerprint density at radius 3 is 2.71 bits per heavy atom. The topological polar surface area (TPSA) is 132 Å². The molecule has 0 bridgehead atoms. The van der Waals surface area contributed by atoms with Crippen LogP contribution >= 0.6 is 0 Å². The molecule has 0 amide bonds. The van der Waals surface area contributed by atoms with Gasteiger partial charge >= 0.3 is 5.69 Å². The van der Waals surface area contributed by atoms with E-state index >= 15 is 0 Å². The molecule has 4 N–H and O–H groups in total. The molecule has 0 spiro atoms. The molecule has 2 heterocycles. The molecule has 0 saturated carbocycles. The van der Waals surface area contributed by atoms with Crippen LogP contribution in [0.15, 0.2) is 14.1 Å². The number of aromatic amines is 1. The summed E-state index contributed by atoms with van der Waals surface area (Å²) >= 11 is 0. The molecule has 0 fully saturated rings. The third-order valence-corrected chi connectivity index (χ3v) is 2.78. The van der Waals surface area contributed by atoms with Gasteiger partial charge in [0.25, 0.3) is 5.56 Å². The molecule has 0 atom stereocenters. The monoisotopic (exact) mass is 294 g/mol. The number of nitrogens with one attached hydrogen (secondary N) is 2. The second-order valence-corrected chi connectivity index (χ2v) is 5.11. The Balaban J connectivity index is 2.30. The van der Waals surface area contributed by atoms with Gasteiger partial charge in [0.15, 0.2) is 5.82 Å². The number of hydrogen-bond acceptors (Lipinski definition) is 7. The van der Waals surface area contributed by atoms with E-state index in [-0.39, 0.29) is 24.0 Å². The summed E-state index contributed by atoms with van der Waals surface area (Å²) in [7, 11) is 0. The SMILES string of the molecule is Cc1nc(CNc2c(N)n(CC(C)C)c(=O)[nH]c2=O)no1. The average molecular weight is 294 g/mol. The van der Waals surface area contributed by atoms with E-state index in [4.69, 9.17) is 10.3 Å². The van der Waals surface area contributed by atoms with Crippen molar-refractivity contribution in [3.8, 4) is 0 Å². The summed E-state index contributed by atoms with van der Waals surface area (Å²) in [5, 5.41) is 6.55. The second-order valence-electron chi connectivity index (χ2n) is 5.11. The third kappa shape index (κ3) is 3.30. The first-order chi connectivity index (χ1) is 9.88. The van der Waals surface area contributed by atoms with E-state index in [1.165, 1.54) is 4.57 Å². The van der Waals surface area contributed by atoms with E-state index in [1.54, 1.807) is 6.92 Å². The molecule has 0 unspecified atom stereocenters. The van der Waals surface area contributed by atoms with E-state index in [1.807, 2.05) is 13.8 Å². The molecular weight excluding hydrogens is 276 g/mol. The summed E-state index contributed by atoms with van der Waals surface area (Å²) < 4.78 is 6.16. The van der Waals surface area contributed by atoms with Gasteiger partial charge in [0.05, 0.1) is 6.54 Å². The van der Waals surface area contributed by atoms with E-state index in [9.17, 15) is 9.59 Å². The lowest BCUT2D eigenvalue weighted by molar-refractivity contribution is 0.388. The number of hydrogen-bond donors (Lipinski definition) is 3. The molecule has 2 aromatic heterocycles. The molecule has 0 saturated heterocycles. The van der Waals surface area contributed by atoms with Crippen molar-refractivity contribution in [2.45, 2.75) is 33.9 Å². The molecule has 9 nitrogen and oxygen atoms in total. The molecule has 0 aliphatic rings. The van der Waals surface area contributed by atoms with E-state index in [0.29, 0.717) is 18.3 Å². The first kappa shape index (κ1) is 14.8. The maximum atomic E-state index is 11.8. The quantitative estimate of drug-likeness (QED) is 0.711. The number of anilines is 2. The van der Waals surface area contributed by atoms with Crippen molar-refractivity contribution in [1.82, 2.24) is 19.7 Å². The lowest BCUT2D eigenvalue weighted by Crippen LogP contribution is -2.35. The molecular formula is C12H18N6O3. The Kier molecular flexibility index (Phi) is 4.10. The van der Waals surface area contributed by atoms with Gasteiger partial charge in [-0.25, -0.2) is 4.79 Å².